The number of rotatable bonds is 6. The number of carbonyl (C=O) groups excluding carboxylic acids is 1. The van der Waals surface area contributed by atoms with Gasteiger partial charge in [-0.1, -0.05) is 35.3 Å². The van der Waals surface area contributed by atoms with Gasteiger partial charge in [0.1, 0.15) is 13.2 Å². The smallest absolute Gasteiger partial charge is 0.236 e. The Balaban J connectivity index is 1.54. The fourth-order valence-electron chi connectivity index (χ4n) is 2.91. The molecule has 27 heavy (non-hydrogen) atoms. The molecular weight excluding hydrogens is 387 g/mol. The van der Waals surface area contributed by atoms with Crippen LogP contribution in [0.25, 0.3) is 0 Å². The molecule has 0 saturated carbocycles. The highest BCUT2D eigenvalue weighted by Gasteiger charge is 2.15. The van der Waals surface area contributed by atoms with Crippen LogP contribution in [0, 0.1) is 0 Å². The standard InChI is InChI=1S/C20H22Cl2N2O3/c1-23(11-15-4-6-18-19(10-15)27-8-7-26-18)13-20(25)24(2)12-14-3-5-16(21)17(22)9-14/h3-6,9-10H,7-8,11-13H2,1-2H3. The van der Waals surface area contributed by atoms with Gasteiger partial charge in [0.15, 0.2) is 11.5 Å². The van der Waals surface area contributed by atoms with Crippen molar-refractivity contribution in [3.05, 3.63) is 57.6 Å². The maximum Gasteiger partial charge on any atom is 0.236 e. The molecule has 0 saturated heterocycles. The average Bonchev–Trinajstić information content (AvgIpc) is 2.64. The summed E-state index contributed by atoms with van der Waals surface area (Å²) in [4.78, 5) is 16.2. The first-order valence-corrected chi connectivity index (χ1v) is 9.43. The van der Waals surface area contributed by atoms with E-state index in [1.165, 1.54) is 0 Å². The average molecular weight is 409 g/mol. The van der Waals surface area contributed by atoms with Gasteiger partial charge in [-0.25, -0.2) is 0 Å². The molecule has 2 aromatic rings. The highest BCUT2D eigenvalue weighted by atomic mass is 35.5. The van der Waals surface area contributed by atoms with E-state index in [4.69, 9.17) is 32.7 Å². The summed E-state index contributed by atoms with van der Waals surface area (Å²) in [5.41, 5.74) is 2.01. The van der Waals surface area contributed by atoms with E-state index >= 15 is 0 Å². The number of ether oxygens (including phenoxy) is 2. The van der Waals surface area contributed by atoms with E-state index in [1.54, 1.807) is 24.1 Å². The lowest BCUT2D eigenvalue weighted by molar-refractivity contribution is -0.131. The Bertz CT molecular complexity index is 829. The largest absolute Gasteiger partial charge is 0.486 e. The van der Waals surface area contributed by atoms with Crippen LogP contribution in [0.3, 0.4) is 0 Å². The molecule has 1 heterocycles. The molecule has 0 radical (unpaired) electrons. The van der Waals surface area contributed by atoms with E-state index in [9.17, 15) is 4.79 Å². The Morgan fingerprint density at radius 1 is 0.926 bits per heavy atom. The zero-order chi connectivity index (χ0) is 19.4. The summed E-state index contributed by atoms with van der Waals surface area (Å²) < 4.78 is 11.1. The molecule has 3 rings (SSSR count). The highest BCUT2D eigenvalue weighted by molar-refractivity contribution is 6.42. The minimum Gasteiger partial charge on any atom is -0.486 e. The number of hydrogen-bond acceptors (Lipinski definition) is 4. The second-order valence-corrected chi connectivity index (χ2v) is 7.46. The Kier molecular flexibility index (Phi) is 6.47. The Morgan fingerprint density at radius 3 is 2.33 bits per heavy atom. The molecule has 5 nitrogen and oxygen atoms in total. The van der Waals surface area contributed by atoms with Crippen LogP contribution in [0.15, 0.2) is 36.4 Å². The molecular formula is C20H22Cl2N2O3. The predicted octanol–water partition coefficient (Wildman–Crippen LogP) is 3.86. The summed E-state index contributed by atoms with van der Waals surface area (Å²) in [5.74, 6) is 1.56. The minimum atomic E-state index is 0.0288. The fourth-order valence-corrected chi connectivity index (χ4v) is 3.23. The molecule has 144 valence electrons. The number of nitrogens with zero attached hydrogens (tertiary/aromatic N) is 2. The summed E-state index contributed by atoms with van der Waals surface area (Å²) >= 11 is 12.0. The Labute approximate surface area is 169 Å². The lowest BCUT2D eigenvalue weighted by Gasteiger charge is -2.23. The molecule has 0 bridgehead atoms. The number of hydrogen-bond donors (Lipinski definition) is 0. The van der Waals surface area contributed by atoms with Crippen LogP contribution >= 0.6 is 23.2 Å². The van der Waals surface area contributed by atoms with Crippen LogP contribution in [-0.2, 0) is 17.9 Å². The van der Waals surface area contributed by atoms with E-state index in [0.29, 0.717) is 42.9 Å². The van der Waals surface area contributed by atoms with Gasteiger partial charge in [-0.3, -0.25) is 9.69 Å². The van der Waals surface area contributed by atoms with E-state index in [1.807, 2.05) is 36.2 Å². The summed E-state index contributed by atoms with van der Waals surface area (Å²) in [6.07, 6.45) is 0. The number of halogens is 2. The number of fused-ring (bicyclic) bond motifs is 1. The van der Waals surface area contributed by atoms with Crippen LogP contribution in [0.2, 0.25) is 10.0 Å². The summed E-state index contributed by atoms with van der Waals surface area (Å²) in [5, 5.41) is 0.999. The number of carbonyl (C=O) groups is 1. The van der Waals surface area contributed by atoms with Gasteiger partial charge in [-0.2, -0.15) is 0 Å². The van der Waals surface area contributed by atoms with Crippen molar-refractivity contribution in [2.45, 2.75) is 13.1 Å². The van der Waals surface area contributed by atoms with Crippen molar-refractivity contribution in [2.24, 2.45) is 0 Å². The van der Waals surface area contributed by atoms with Crippen LogP contribution in [0.1, 0.15) is 11.1 Å². The summed E-state index contributed by atoms with van der Waals surface area (Å²) in [6, 6.07) is 11.3. The third-order valence-electron chi connectivity index (χ3n) is 4.29. The topological polar surface area (TPSA) is 42.0 Å². The van der Waals surface area contributed by atoms with Crippen molar-refractivity contribution < 1.29 is 14.3 Å². The van der Waals surface area contributed by atoms with E-state index in [-0.39, 0.29) is 5.91 Å². The van der Waals surface area contributed by atoms with Gasteiger partial charge in [0.25, 0.3) is 0 Å². The van der Waals surface area contributed by atoms with E-state index in [0.717, 1.165) is 22.6 Å². The zero-order valence-corrected chi connectivity index (χ0v) is 16.9. The summed E-state index contributed by atoms with van der Waals surface area (Å²) in [6.45, 7) is 2.57. The van der Waals surface area contributed by atoms with Crippen molar-refractivity contribution in [2.75, 3.05) is 33.9 Å². The molecule has 0 aromatic heterocycles. The molecule has 0 aliphatic carbocycles. The number of likely N-dealkylation sites (N-methyl/N-ethyl adjacent to an activating group) is 2. The molecule has 1 amide bonds. The fraction of sp³-hybridized carbons (Fsp3) is 0.350. The maximum absolute atomic E-state index is 12.5. The number of benzene rings is 2. The third kappa shape index (κ3) is 5.28. The quantitative estimate of drug-likeness (QED) is 0.727. The van der Waals surface area contributed by atoms with Gasteiger partial charge in [-0.05, 0) is 42.4 Å². The third-order valence-corrected chi connectivity index (χ3v) is 5.03. The minimum absolute atomic E-state index is 0.0288. The molecule has 7 heteroatoms. The van der Waals surface area contributed by atoms with E-state index in [2.05, 4.69) is 0 Å². The predicted molar refractivity (Wildman–Crippen MR) is 107 cm³/mol. The van der Waals surface area contributed by atoms with Crippen molar-refractivity contribution in [3.8, 4) is 11.5 Å². The van der Waals surface area contributed by atoms with Gasteiger partial charge >= 0.3 is 0 Å². The SMILES string of the molecule is CN(CC(=O)N(C)Cc1ccc(Cl)c(Cl)c1)Cc1ccc2c(c1)OCCO2. The molecule has 2 aromatic carbocycles. The second-order valence-electron chi connectivity index (χ2n) is 6.65. The van der Waals surface area contributed by atoms with Crippen LogP contribution in [-0.4, -0.2) is 49.6 Å². The van der Waals surface area contributed by atoms with Gasteiger partial charge in [-0.15, -0.1) is 0 Å². The summed E-state index contributed by atoms with van der Waals surface area (Å²) in [7, 11) is 3.70. The first-order valence-electron chi connectivity index (χ1n) is 8.67. The monoisotopic (exact) mass is 408 g/mol. The van der Waals surface area contributed by atoms with Crippen LogP contribution in [0.5, 0.6) is 11.5 Å². The van der Waals surface area contributed by atoms with Crippen molar-refractivity contribution in [3.63, 3.8) is 0 Å². The first kappa shape index (κ1) is 19.8. The molecule has 0 N–H and O–H groups in total. The Hall–Kier alpha value is -1.95. The maximum atomic E-state index is 12.5. The van der Waals surface area contributed by atoms with E-state index < -0.39 is 0 Å². The molecule has 1 aliphatic heterocycles. The molecule has 1 aliphatic rings. The van der Waals surface area contributed by atoms with Crippen molar-refractivity contribution in [1.82, 2.24) is 9.80 Å². The molecule has 0 atom stereocenters. The van der Waals surface area contributed by atoms with Gasteiger partial charge in [0.05, 0.1) is 16.6 Å². The van der Waals surface area contributed by atoms with Crippen molar-refractivity contribution >= 4 is 29.1 Å². The zero-order valence-electron chi connectivity index (χ0n) is 15.4. The first-order chi connectivity index (χ1) is 12.9. The van der Waals surface area contributed by atoms with Gasteiger partial charge < -0.3 is 14.4 Å². The molecule has 0 spiro atoms. The van der Waals surface area contributed by atoms with Gasteiger partial charge in [0, 0.05) is 20.1 Å². The lowest BCUT2D eigenvalue weighted by Crippen LogP contribution is -2.36. The molecule has 0 fully saturated rings. The number of amides is 1. The Morgan fingerprint density at radius 2 is 1.59 bits per heavy atom. The van der Waals surface area contributed by atoms with Crippen LogP contribution < -0.4 is 9.47 Å². The normalized spacial score (nSPS) is 12.9. The highest BCUT2D eigenvalue weighted by Crippen LogP contribution is 2.31. The van der Waals surface area contributed by atoms with Gasteiger partial charge in [0.2, 0.25) is 5.91 Å². The van der Waals surface area contributed by atoms with Crippen LogP contribution in [0.4, 0.5) is 0 Å². The van der Waals surface area contributed by atoms with Crippen molar-refractivity contribution in [1.29, 1.82) is 0 Å². The molecule has 0 unspecified atom stereocenters. The lowest BCUT2D eigenvalue weighted by atomic mass is 10.2. The second kappa shape index (κ2) is 8.83.